The van der Waals surface area contributed by atoms with Crippen LogP contribution < -0.4 is 0 Å². The van der Waals surface area contributed by atoms with Gasteiger partial charge in [0, 0.05) is 0 Å². The number of hydrogen-bond donors (Lipinski definition) is 0. The molecule has 0 atom stereocenters. The monoisotopic (exact) mass is 104 g/mol. The summed E-state index contributed by atoms with van der Waals surface area (Å²) in [6.07, 6.45) is -0.975. The van der Waals surface area contributed by atoms with Crippen LogP contribution >= 0.6 is 0 Å². The van der Waals surface area contributed by atoms with Crippen molar-refractivity contribution < 1.29 is 10.9 Å². The summed E-state index contributed by atoms with van der Waals surface area (Å²) in [7, 11) is 0. The van der Waals surface area contributed by atoms with Crippen molar-refractivity contribution in [3.63, 3.8) is 0 Å². The molecule has 2 heteroatoms. The number of carbonyl (C=O) groups is 1. The third kappa shape index (κ3) is 5.47. The Labute approximate surface area is 44.9 Å². The zero-order valence-electron chi connectivity index (χ0n) is 5.82. The molecule has 0 aliphatic heterocycles. The minimum Gasteiger partial charge on any atom is -0.462 e. The lowest BCUT2D eigenvalue weighted by Crippen LogP contribution is -2.17. The molecule has 0 unspecified atom stereocenters. The Balaban J connectivity index is 3.55. The molecule has 42 valence electrons. The van der Waals surface area contributed by atoms with Gasteiger partial charge < -0.3 is 4.74 Å². The topological polar surface area (TPSA) is 26.3 Å². The quantitative estimate of drug-likeness (QED) is 0.428. The van der Waals surface area contributed by atoms with Gasteiger partial charge in [-0.1, -0.05) is 0 Å². The van der Waals surface area contributed by atoms with Crippen molar-refractivity contribution in [2.75, 3.05) is 0 Å². The molecule has 0 heterocycles. The van der Waals surface area contributed by atoms with Gasteiger partial charge >= 0.3 is 0 Å². The molecule has 7 heavy (non-hydrogen) atoms. The van der Waals surface area contributed by atoms with Crippen molar-refractivity contribution >= 4 is 6.45 Å². The first-order valence-corrected chi connectivity index (χ1v) is 2.11. The summed E-state index contributed by atoms with van der Waals surface area (Å²) in [5, 5.41) is 0. The lowest BCUT2D eigenvalue weighted by atomic mass is 10.2. The van der Waals surface area contributed by atoms with E-state index in [9.17, 15) is 4.79 Å². The van der Waals surface area contributed by atoms with Gasteiger partial charge in [-0.3, -0.25) is 4.79 Å². The summed E-state index contributed by atoms with van der Waals surface area (Å²) < 4.78 is 10.8. The molecule has 0 aromatic heterocycles. The fourth-order valence-electron chi connectivity index (χ4n) is 0.125. The highest BCUT2D eigenvalue weighted by Crippen LogP contribution is 2.02. The highest BCUT2D eigenvalue weighted by molar-refractivity contribution is 5.37. The molecule has 2 nitrogen and oxygen atoms in total. The van der Waals surface area contributed by atoms with Crippen LogP contribution in [0, 0.1) is 0 Å². The third-order valence-electron chi connectivity index (χ3n) is 0.348. The molecule has 0 spiro atoms. The van der Waals surface area contributed by atoms with Crippen LogP contribution in [0.4, 0.5) is 0 Å². The SMILES string of the molecule is [3H]C(=O)OC(C)(C)C. The fraction of sp³-hybridized carbons (Fsp3) is 0.800. The third-order valence-corrected chi connectivity index (χ3v) is 0.348. The molecule has 0 aromatic carbocycles. The first kappa shape index (κ1) is 4.62. The van der Waals surface area contributed by atoms with Crippen LogP contribution in [-0.4, -0.2) is 12.0 Å². The molecular formula is C5H10O2. The van der Waals surface area contributed by atoms with Crippen LogP contribution in [0.2, 0.25) is 0 Å². The van der Waals surface area contributed by atoms with Crippen LogP contribution in [0.25, 0.3) is 0 Å². The zero-order valence-corrected chi connectivity index (χ0v) is 4.82. The molecule has 0 aliphatic rings. The Morgan fingerprint density at radius 1 is 1.71 bits per heavy atom. The summed E-state index contributed by atoms with van der Waals surface area (Å²) >= 11 is 0. The molecule has 0 N–H and O–H groups in total. The fourth-order valence-corrected chi connectivity index (χ4v) is 0.125. The molecule has 0 bridgehead atoms. The van der Waals surface area contributed by atoms with Gasteiger partial charge in [-0.15, -0.1) is 0 Å². The van der Waals surface area contributed by atoms with Gasteiger partial charge in [-0.05, 0) is 20.8 Å². The number of hydrogen-bond acceptors (Lipinski definition) is 2. The minimum absolute atomic E-state index is 0.515. The van der Waals surface area contributed by atoms with E-state index in [0.717, 1.165) is 0 Å². The van der Waals surface area contributed by atoms with Crippen LogP contribution in [0.5, 0.6) is 0 Å². The van der Waals surface area contributed by atoms with Gasteiger partial charge in [-0.25, -0.2) is 0 Å². The van der Waals surface area contributed by atoms with Crippen LogP contribution in [0.15, 0.2) is 0 Å². The highest BCUT2D eigenvalue weighted by Gasteiger charge is 2.07. The Bertz CT molecular complexity index is 93.1. The summed E-state index contributed by atoms with van der Waals surface area (Å²) in [5.41, 5.74) is -0.515. The lowest BCUT2D eigenvalue weighted by Gasteiger charge is -2.14. The van der Waals surface area contributed by atoms with E-state index in [0.29, 0.717) is 0 Å². The molecule has 0 rings (SSSR count). The highest BCUT2D eigenvalue weighted by atomic mass is 16.5. The maximum Gasteiger partial charge on any atom is 0.293 e. The van der Waals surface area contributed by atoms with Crippen molar-refractivity contribution in [3.8, 4) is 0 Å². The zero-order chi connectivity index (χ0) is 6.78. The van der Waals surface area contributed by atoms with Crippen LogP contribution in [0.1, 0.15) is 22.1 Å². The normalized spacial score (nSPS) is 12.7. The lowest BCUT2D eigenvalue weighted by molar-refractivity contribution is -0.138. The summed E-state index contributed by atoms with van der Waals surface area (Å²) in [4.78, 5) is 9.90. The standard InChI is InChI=1S/C5H10O2/c1-5(2,3)7-4-6/h4H,1-3H3/i4T. The van der Waals surface area contributed by atoms with Gasteiger partial charge in [0.15, 0.2) is 1.37 Å². The van der Waals surface area contributed by atoms with Gasteiger partial charge in [0.2, 0.25) is 0 Å². The van der Waals surface area contributed by atoms with Gasteiger partial charge in [-0.2, -0.15) is 0 Å². The second-order valence-electron chi connectivity index (χ2n) is 2.30. The van der Waals surface area contributed by atoms with E-state index in [2.05, 4.69) is 4.74 Å². The summed E-state index contributed by atoms with van der Waals surface area (Å²) in [6, 6.07) is 0. The van der Waals surface area contributed by atoms with Crippen LogP contribution in [-0.2, 0) is 9.53 Å². The minimum atomic E-state index is -0.975. The van der Waals surface area contributed by atoms with Crippen LogP contribution in [0.3, 0.4) is 0 Å². The van der Waals surface area contributed by atoms with Crippen molar-refractivity contribution in [2.45, 2.75) is 26.4 Å². The van der Waals surface area contributed by atoms with E-state index in [4.69, 9.17) is 1.37 Å². The molecule has 0 amide bonds. The summed E-state index contributed by atoms with van der Waals surface area (Å²) in [5.74, 6) is 0. The average Bonchev–Trinajstić information content (AvgIpc) is 1.21. The van der Waals surface area contributed by atoms with Gasteiger partial charge in [0.1, 0.15) is 5.60 Å². The molecule has 0 saturated heterocycles. The predicted molar refractivity (Wildman–Crippen MR) is 26.9 cm³/mol. The maximum absolute atomic E-state index is 9.90. The van der Waals surface area contributed by atoms with Gasteiger partial charge in [0.05, 0.1) is 0 Å². The van der Waals surface area contributed by atoms with Crippen molar-refractivity contribution in [1.29, 1.82) is 0 Å². The second-order valence-corrected chi connectivity index (χ2v) is 2.30. The first-order valence-electron chi connectivity index (χ1n) is 2.61. The molecule has 0 fully saturated rings. The van der Waals surface area contributed by atoms with E-state index in [-0.39, 0.29) is 0 Å². The maximum atomic E-state index is 9.90. The smallest absolute Gasteiger partial charge is 0.293 e. The molecule has 0 saturated carbocycles. The van der Waals surface area contributed by atoms with E-state index >= 15 is 0 Å². The van der Waals surface area contributed by atoms with Gasteiger partial charge in [0.25, 0.3) is 6.45 Å². The van der Waals surface area contributed by atoms with E-state index in [1.54, 1.807) is 20.8 Å². The Morgan fingerprint density at radius 3 is 2.14 bits per heavy atom. The molecule has 0 radical (unpaired) electrons. The molecule has 0 aromatic rings. The van der Waals surface area contributed by atoms with E-state index in [1.807, 2.05) is 0 Å². The Hall–Kier alpha value is -0.530. The van der Waals surface area contributed by atoms with E-state index in [1.165, 1.54) is 0 Å². The average molecular weight is 104 g/mol. The molecular weight excluding hydrogens is 92.1 g/mol. The van der Waals surface area contributed by atoms with Crippen molar-refractivity contribution in [3.05, 3.63) is 0 Å². The first-order chi connectivity index (χ1) is 3.42. The predicted octanol–water partition coefficient (Wildman–Crippen LogP) is 0.958. The number of carbonyl (C=O) groups excluding carboxylic acids is 1. The number of ether oxygens (including phenoxy) is 1. The molecule has 0 aliphatic carbocycles. The summed E-state index contributed by atoms with van der Waals surface area (Å²) in [6.45, 7) is 5.16. The largest absolute Gasteiger partial charge is 0.462 e. The number of rotatable bonds is 0. The van der Waals surface area contributed by atoms with Crippen molar-refractivity contribution in [1.82, 2.24) is 0 Å². The van der Waals surface area contributed by atoms with Crippen molar-refractivity contribution in [2.24, 2.45) is 0 Å². The second kappa shape index (κ2) is 1.96. The van der Waals surface area contributed by atoms with E-state index < -0.39 is 12.0 Å². The Morgan fingerprint density at radius 2 is 2.14 bits per heavy atom. The Kier molecular flexibility index (Phi) is 1.29.